The summed E-state index contributed by atoms with van der Waals surface area (Å²) >= 11 is 1.52. The predicted molar refractivity (Wildman–Crippen MR) is 95.7 cm³/mol. The van der Waals surface area contributed by atoms with E-state index < -0.39 is 0 Å². The predicted octanol–water partition coefficient (Wildman–Crippen LogP) is 3.33. The third kappa shape index (κ3) is 3.07. The molecule has 0 radical (unpaired) electrons. The first-order valence-electron chi connectivity index (χ1n) is 8.01. The van der Waals surface area contributed by atoms with Crippen LogP contribution in [0.1, 0.15) is 29.6 Å². The lowest BCUT2D eigenvalue weighted by Crippen LogP contribution is -2.30. The Kier molecular flexibility index (Phi) is 4.08. The smallest absolute Gasteiger partial charge is 0.255 e. The zero-order valence-electron chi connectivity index (χ0n) is 13.1. The van der Waals surface area contributed by atoms with Gasteiger partial charge in [0, 0.05) is 18.7 Å². The van der Waals surface area contributed by atoms with Crippen LogP contribution in [0, 0.1) is 0 Å². The number of fused-ring (bicyclic) bond motifs is 1. The molecule has 6 nitrogen and oxygen atoms in total. The zero-order chi connectivity index (χ0) is 16.4. The van der Waals surface area contributed by atoms with E-state index >= 15 is 0 Å². The largest absolute Gasteiger partial charge is 0.341 e. The standard InChI is InChI=1S/C17H17N5OS/c23-16(12-4-5-14-15(8-12)24-11-20-14)21-13-9-18-17(19-10-13)22-6-2-1-3-7-22/h4-5,8-11H,1-3,6-7H2,(H,21,23). The van der Waals surface area contributed by atoms with Gasteiger partial charge in [-0.25, -0.2) is 15.0 Å². The van der Waals surface area contributed by atoms with Crippen molar-refractivity contribution < 1.29 is 4.79 Å². The fourth-order valence-electron chi connectivity index (χ4n) is 2.84. The van der Waals surface area contributed by atoms with E-state index in [9.17, 15) is 4.79 Å². The van der Waals surface area contributed by atoms with Gasteiger partial charge in [-0.3, -0.25) is 4.79 Å². The molecule has 3 aromatic rings. The Bertz CT molecular complexity index is 855. The van der Waals surface area contributed by atoms with Crippen LogP contribution < -0.4 is 10.2 Å². The summed E-state index contributed by atoms with van der Waals surface area (Å²) in [6.07, 6.45) is 6.97. The van der Waals surface area contributed by atoms with Gasteiger partial charge in [0.25, 0.3) is 5.91 Å². The summed E-state index contributed by atoms with van der Waals surface area (Å²) in [4.78, 5) is 27.5. The number of amides is 1. The van der Waals surface area contributed by atoms with Crippen molar-refractivity contribution in [2.75, 3.05) is 23.3 Å². The molecule has 0 spiro atoms. The lowest BCUT2D eigenvalue weighted by molar-refractivity contribution is 0.102. The average molecular weight is 339 g/mol. The number of hydrogen-bond donors (Lipinski definition) is 1. The maximum absolute atomic E-state index is 12.4. The van der Waals surface area contributed by atoms with Crippen LogP contribution in [0.4, 0.5) is 11.6 Å². The molecular formula is C17H17N5OS. The number of carbonyl (C=O) groups is 1. The van der Waals surface area contributed by atoms with Crippen LogP contribution in [0.2, 0.25) is 0 Å². The number of aromatic nitrogens is 3. The molecule has 1 aliphatic heterocycles. The highest BCUT2D eigenvalue weighted by molar-refractivity contribution is 7.16. The second-order valence-corrected chi connectivity index (χ2v) is 6.69. The summed E-state index contributed by atoms with van der Waals surface area (Å²) in [5.41, 5.74) is 3.89. The third-order valence-corrected chi connectivity index (χ3v) is 4.92. The van der Waals surface area contributed by atoms with Crippen molar-refractivity contribution in [1.29, 1.82) is 0 Å². The number of benzene rings is 1. The van der Waals surface area contributed by atoms with E-state index in [1.165, 1.54) is 30.6 Å². The van der Waals surface area contributed by atoms with E-state index in [1.54, 1.807) is 24.0 Å². The molecule has 24 heavy (non-hydrogen) atoms. The van der Waals surface area contributed by atoms with Gasteiger partial charge in [0.1, 0.15) is 0 Å². The lowest BCUT2D eigenvalue weighted by atomic mass is 10.1. The first-order valence-corrected chi connectivity index (χ1v) is 8.89. The van der Waals surface area contributed by atoms with Crippen molar-refractivity contribution in [2.45, 2.75) is 19.3 Å². The second kappa shape index (κ2) is 6.52. The van der Waals surface area contributed by atoms with Crippen LogP contribution in [0.25, 0.3) is 10.2 Å². The Labute approximate surface area is 143 Å². The first-order chi connectivity index (χ1) is 11.8. The summed E-state index contributed by atoms with van der Waals surface area (Å²) < 4.78 is 0.999. The summed E-state index contributed by atoms with van der Waals surface area (Å²) in [6.45, 7) is 2.00. The molecule has 1 fully saturated rings. The highest BCUT2D eigenvalue weighted by Crippen LogP contribution is 2.20. The number of thiazole rings is 1. The molecule has 0 saturated carbocycles. The minimum atomic E-state index is -0.167. The van der Waals surface area contributed by atoms with Crippen LogP contribution in [0.15, 0.2) is 36.1 Å². The lowest BCUT2D eigenvalue weighted by Gasteiger charge is -2.26. The Morgan fingerprint density at radius 3 is 2.67 bits per heavy atom. The number of hydrogen-bond acceptors (Lipinski definition) is 6. The van der Waals surface area contributed by atoms with Gasteiger partial charge in [0.05, 0.1) is 33.8 Å². The zero-order valence-corrected chi connectivity index (χ0v) is 13.9. The van der Waals surface area contributed by atoms with Crippen molar-refractivity contribution in [2.24, 2.45) is 0 Å². The average Bonchev–Trinajstić information content (AvgIpc) is 3.11. The quantitative estimate of drug-likeness (QED) is 0.792. The van der Waals surface area contributed by atoms with Crippen LogP contribution in [0.3, 0.4) is 0 Å². The maximum Gasteiger partial charge on any atom is 0.255 e. The van der Waals surface area contributed by atoms with Gasteiger partial charge in [-0.15, -0.1) is 11.3 Å². The van der Waals surface area contributed by atoms with E-state index in [0.29, 0.717) is 11.3 Å². The van der Waals surface area contributed by atoms with Gasteiger partial charge in [0.2, 0.25) is 5.95 Å². The number of carbonyl (C=O) groups excluding carboxylic acids is 1. The molecule has 7 heteroatoms. The van der Waals surface area contributed by atoms with E-state index in [4.69, 9.17) is 0 Å². The number of nitrogens with zero attached hydrogens (tertiary/aromatic N) is 4. The minimum Gasteiger partial charge on any atom is -0.341 e. The van der Waals surface area contributed by atoms with Gasteiger partial charge in [-0.05, 0) is 37.5 Å². The Morgan fingerprint density at radius 1 is 1.08 bits per heavy atom. The molecule has 1 aliphatic rings. The van der Waals surface area contributed by atoms with E-state index in [-0.39, 0.29) is 5.91 Å². The van der Waals surface area contributed by atoms with Crippen LogP contribution in [0.5, 0.6) is 0 Å². The molecule has 2 aromatic heterocycles. The van der Waals surface area contributed by atoms with E-state index in [2.05, 4.69) is 25.2 Å². The van der Waals surface area contributed by atoms with E-state index in [1.807, 2.05) is 12.1 Å². The summed E-state index contributed by atoms with van der Waals surface area (Å²) in [5.74, 6) is 0.568. The molecule has 1 aromatic carbocycles. The number of piperidine rings is 1. The van der Waals surface area contributed by atoms with Gasteiger partial charge >= 0.3 is 0 Å². The molecular weight excluding hydrogens is 322 g/mol. The second-order valence-electron chi connectivity index (χ2n) is 5.81. The molecule has 1 saturated heterocycles. The number of anilines is 2. The molecule has 122 valence electrons. The topological polar surface area (TPSA) is 71.0 Å². The summed E-state index contributed by atoms with van der Waals surface area (Å²) in [7, 11) is 0. The normalized spacial score (nSPS) is 14.8. The SMILES string of the molecule is O=C(Nc1cnc(N2CCCCC2)nc1)c1ccc2ncsc2c1. The summed E-state index contributed by atoms with van der Waals surface area (Å²) in [5, 5.41) is 2.85. The Balaban J connectivity index is 1.46. The molecule has 0 aliphatic carbocycles. The Hall–Kier alpha value is -2.54. The molecule has 0 atom stereocenters. The highest BCUT2D eigenvalue weighted by atomic mass is 32.1. The fraction of sp³-hybridized carbons (Fsp3) is 0.294. The molecule has 4 rings (SSSR count). The molecule has 1 amide bonds. The van der Waals surface area contributed by atoms with Gasteiger partial charge in [-0.1, -0.05) is 0 Å². The van der Waals surface area contributed by atoms with Crippen molar-refractivity contribution in [3.05, 3.63) is 41.7 Å². The van der Waals surface area contributed by atoms with Crippen LogP contribution in [-0.4, -0.2) is 33.9 Å². The van der Waals surface area contributed by atoms with Crippen LogP contribution in [-0.2, 0) is 0 Å². The monoisotopic (exact) mass is 339 g/mol. The molecule has 0 bridgehead atoms. The van der Waals surface area contributed by atoms with Gasteiger partial charge < -0.3 is 10.2 Å². The summed E-state index contributed by atoms with van der Waals surface area (Å²) in [6, 6.07) is 5.49. The van der Waals surface area contributed by atoms with Crippen LogP contribution >= 0.6 is 11.3 Å². The fourth-order valence-corrected chi connectivity index (χ4v) is 3.56. The van der Waals surface area contributed by atoms with E-state index in [0.717, 1.165) is 29.3 Å². The van der Waals surface area contributed by atoms with Crippen molar-refractivity contribution in [3.63, 3.8) is 0 Å². The van der Waals surface area contributed by atoms with Gasteiger partial charge in [-0.2, -0.15) is 0 Å². The Morgan fingerprint density at radius 2 is 1.88 bits per heavy atom. The first kappa shape index (κ1) is 15.0. The molecule has 3 heterocycles. The molecule has 1 N–H and O–H groups in total. The number of nitrogens with one attached hydrogen (secondary N) is 1. The van der Waals surface area contributed by atoms with Crippen molar-refractivity contribution in [3.8, 4) is 0 Å². The van der Waals surface area contributed by atoms with Crippen molar-refractivity contribution in [1.82, 2.24) is 15.0 Å². The highest BCUT2D eigenvalue weighted by Gasteiger charge is 2.14. The third-order valence-electron chi connectivity index (χ3n) is 4.13. The number of rotatable bonds is 3. The van der Waals surface area contributed by atoms with Gasteiger partial charge in [0.15, 0.2) is 0 Å². The minimum absolute atomic E-state index is 0.167. The van der Waals surface area contributed by atoms with Crippen molar-refractivity contribution >= 4 is 39.1 Å². The molecule has 0 unspecified atom stereocenters. The maximum atomic E-state index is 12.4.